The Labute approximate surface area is 97.8 Å². The summed E-state index contributed by atoms with van der Waals surface area (Å²) in [6, 6.07) is 0. The van der Waals surface area contributed by atoms with Crippen LogP contribution in [0.1, 0.15) is 11.5 Å². The number of nitrogens with zero attached hydrogens (tertiary/aromatic N) is 3. The molecule has 0 saturated heterocycles. The molecule has 1 aliphatic heterocycles. The van der Waals surface area contributed by atoms with Gasteiger partial charge in [0.25, 0.3) is 0 Å². The van der Waals surface area contributed by atoms with E-state index in [0.717, 1.165) is 16.7 Å². The van der Waals surface area contributed by atoms with Crippen LogP contribution in [0, 0.1) is 6.92 Å². The summed E-state index contributed by atoms with van der Waals surface area (Å²) in [6.07, 6.45) is 2.04. The van der Waals surface area contributed by atoms with Gasteiger partial charge in [0.05, 0.1) is 23.2 Å². The molecular formula is C11H13N5O. The second-order valence-corrected chi connectivity index (χ2v) is 4.19. The Bertz CT molecular complexity index is 616. The van der Waals surface area contributed by atoms with Crippen molar-refractivity contribution in [3.8, 4) is 0 Å². The number of aromatic nitrogens is 3. The molecule has 1 aliphatic rings. The highest BCUT2D eigenvalue weighted by Gasteiger charge is 2.21. The zero-order valence-electron chi connectivity index (χ0n) is 9.53. The number of anilines is 1. The van der Waals surface area contributed by atoms with Crippen LogP contribution in [0.5, 0.6) is 0 Å². The summed E-state index contributed by atoms with van der Waals surface area (Å²) in [6.45, 7) is 3.15. The van der Waals surface area contributed by atoms with Crippen molar-refractivity contribution in [3.63, 3.8) is 0 Å². The molecule has 0 aromatic carbocycles. The number of nitrogens with two attached hydrogens (primary N) is 1. The number of aryl methyl sites for hydroxylation is 1. The minimum atomic E-state index is 0.00272. The maximum absolute atomic E-state index is 11.5. The van der Waals surface area contributed by atoms with Gasteiger partial charge >= 0.3 is 0 Å². The summed E-state index contributed by atoms with van der Waals surface area (Å²) in [4.78, 5) is 20.1. The van der Waals surface area contributed by atoms with Gasteiger partial charge in [-0.3, -0.25) is 4.79 Å². The van der Waals surface area contributed by atoms with Gasteiger partial charge in [0.15, 0.2) is 0 Å². The van der Waals surface area contributed by atoms with Crippen molar-refractivity contribution in [1.29, 1.82) is 0 Å². The number of carbonyl (C=O) groups is 1. The summed E-state index contributed by atoms with van der Waals surface area (Å²) >= 11 is 0. The minimum Gasteiger partial charge on any atom is -0.397 e. The van der Waals surface area contributed by atoms with Crippen molar-refractivity contribution in [2.45, 2.75) is 19.9 Å². The fourth-order valence-corrected chi connectivity index (χ4v) is 2.24. The third-order valence-corrected chi connectivity index (χ3v) is 3.06. The molecule has 6 heteroatoms. The molecule has 88 valence electrons. The normalized spacial score (nSPS) is 15.5. The highest BCUT2D eigenvalue weighted by atomic mass is 16.1. The number of fused-ring (bicyclic) bond motifs is 3. The van der Waals surface area contributed by atoms with E-state index in [1.807, 2.05) is 11.5 Å². The maximum Gasteiger partial charge on any atom is 0.226 e. The second-order valence-electron chi connectivity index (χ2n) is 4.19. The lowest BCUT2D eigenvalue weighted by molar-refractivity contribution is -0.120. The van der Waals surface area contributed by atoms with Crippen molar-refractivity contribution in [2.24, 2.45) is 0 Å². The summed E-state index contributed by atoms with van der Waals surface area (Å²) < 4.78 is 2.01. The zero-order valence-corrected chi connectivity index (χ0v) is 9.53. The van der Waals surface area contributed by atoms with Crippen LogP contribution in [0.4, 0.5) is 5.69 Å². The lowest BCUT2D eigenvalue weighted by atomic mass is 10.2. The Hall–Kier alpha value is -2.11. The van der Waals surface area contributed by atoms with Crippen LogP contribution in [-0.4, -0.2) is 27.0 Å². The number of hydrogen-bond acceptors (Lipinski definition) is 4. The number of hydrogen-bond donors (Lipinski definition) is 2. The lowest BCUT2D eigenvalue weighted by Gasteiger charge is -2.04. The van der Waals surface area contributed by atoms with Crippen LogP contribution >= 0.6 is 0 Å². The van der Waals surface area contributed by atoms with E-state index in [-0.39, 0.29) is 5.91 Å². The average Bonchev–Trinajstić information content (AvgIpc) is 2.48. The molecule has 2 aromatic heterocycles. The first-order valence-electron chi connectivity index (χ1n) is 5.53. The molecule has 0 radical (unpaired) electrons. The number of nitrogen functional groups attached to an aromatic ring is 1. The number of carbonyl (C=O) groups excluding carboxylic acids is 1. The molecular weight excluding hydrogens is 218 g/mol. The molecule has 0 fully saturated rings. The van der Waals surface area contributed by atoms with Gasteiger partial charge in [-0.2, -0.15) is 0 Å². The first-order chi connectivity index (χ1) is 8.16. The van der Waals surface area contributed by atoms with Gasteiger partial charge in [0, 0.05) is 19.3 Å². The number of amides is 1. The Morgan fingerprint density at radius 1 is 1.53 bits per heavy atom. The Morgan fingerprint density at radius 2 is 2.35 bits per heavy atom. The molecule has 6 nitrogen and oxygen atoms in total. The molecule has 0 unspecified atom stereocenters. The van der Waals surface area contributed by atoms with Crippen molar-refractivity contribution in [1.82, 2.24) is 19.9 Å². The topological polar surface area (TPSA) is 85.8 Å². The molecule has 3 rings (SSSR count). The van der Waals surface area contributed by atoms with Crippen molar-refractivity contribution in [3.05, 3.63) is 17.7 Å². The summed E-state index contributed by atoms with van der Waals surface area (Å²) in [5, 5.41) is 3.66. The first-order valence-corrected chi connectivity index (χ1v) is 5.53. The zero-order chi connectivity index (χ0) is 12.0. The predicted molar refractivity (Wildman–Crippen MR) is 63.4 cm³/mol. The van der Waals surface area contributed by atoms with Gasteiger partial charge in [-0.05, 0) is 6.92 Å². The fourth-order valence-electron chi connectivity index (χ4n) is 2.24. The van der Waals surface area contributed by atoms with Crippen LogP contribution in [0.3, 0.4) is 0 Å². The molecule has 0 saturated carbocycles. The largest absolute Gasteiger partial charge is 0.397 e. The van der Waals surface area contributed by atoms with Gasteiger partial charge in [-0.1, -0.05) is 0 Å². The van der Waals surface area contributed by atoms with E-state index in [0.29, 0.717) is 31.0 Å². The Kier molecular flexibility index (Phi) is 2.04. The van der Waals surface area contributed by atoms with E-state index in [2.05, 4.69) is 15.3 Å². The van der Waals surface area contributed by atoms with Crippen molar-refractivity contribution < 1.29 is 4.79 Å². The molecule has 1 amide bonds. The van der Waals surface area contributed by atoms with E-state index in [4.69, 9.17) is 5.73 Å². The monoisotopic (exact) mass is 231 g/mol. The Morgan fingerprint density at radius 3 is 3.18 bits per heavy atom. The number of rotatable bonds is 0. The molecule has 3 N–H and O–H groups in total. The van der Waals surface area contributed by atoms with E-state index in [1.165, 1.54) is 0 Å². The molecule has 17 heavy (non-hydrogen) atoms. The van der Waals surface area contributed by atoms with Crippen LogP contribution in [0.25, 0.3) is 11.0 Å². The van der Waals surface area contributed by atoms with E-state index in [9.17, 15) is 4.79 Å². The summed E-state index contributed by atoms with van der Waals surface area (Å²) in [5.41, 5.74) is 8.35. The smallest absolute Gasteiger partial charge is 0.226 e. The summed E-state index contributed by atoms with van der Waals surface area (Å²) in [5.74, 6) is 0.712. The van der Waals surface area contributed by atoms with E-state index >= 15 is 0 Å². The quantitative estimate of drug-likeness (QED) is 0.668. The van der Waals surface area contributed by atoms with Gasteiger partial charge in [0.1, 0.15) is 11.5 Å². The first kappa shape index (κ1) is 10.1. The fraction of sp³-hybridized carbons (Fsp3) is 0.364. The third kappa shape index (κ3) is 1.44. The van der Waals surface area contributed by atoms with E-state index < -0.39 is 0 Å². The van der Waals surface area contributed by atoms with Gasteiger partial charge in [0.2, 0.25) is 5.91 Å². The third-order valence-electron chi connectivity index (χ3n) is 3.06. The second kappa shape index (κ2) is 3.44. The maximum atomic E-state index is 11.5. The highest BCUT2D eigenvalue weighted by Crippen LogP contribution is 2.27. The predicted octanol–water partition coefficient (Wildman–Crippen LogP) is -0.00578. The lowest BCUT2D eigenvalue weighted by Crippen LogP contribution is -2.24. The molecule has 0 aliphatic carbocycles. The Balaban J connectivity index is 2.31. The molecule has 3 heterocycles. The standard InChI is InChI=1S/C11H13N5O/c1-6-14-5-7-10(12)8-4-9(17)13-2-3-16(8)11(7)15-6/h5H,2-4,12H2,1H3,(H,13,17). The highest BCUT2D eigenvalue weighted by molar-refractivity contribution is 5.93. The van der Waals surface area contributed by atoms with Crippen molar-refractivity contribution >= 4 is 22.6 Å². The van der Waals surface area contributed by atoms with Crippen molar-refractivity contribution in [2.75, 3.05) is 12.3 Å². The number of nitrogens with one attached hydrogen (secondary N) is 1. The molecule has 0 atom stereocenters. The minimum absolute atomic E-state index is 0.00272. The van der Waals surface area contributed by atoms with Crippen LogP contribution < -0.4 is 11.1 Å². The average molecular weight is 231 g/mol. The van der Waals surface area contributed by atoms with Crippen LogP contribution in [0.15, 0.2) is 6.20 Å². The molecule has 2 aromatic rings. The van der Waals surface area contributed by atoms with E-state index in [1.54, 1.807) is 6.20 Å². The van der Waals surface area contributed by atoms with Crippen LogP contribution in [0.2, 0.25) is 0 Å². The van der Waals surface area contributed by atoms with Gasteiger partial charge < -0.3 is 15.6 Å². The summed E-state index contributed by atoms with van der Waals surface area (Å²) in [7, 11) is 0. The van der Waals surface area contributed by atoms with Gasteiger partial charge in [-0.25, -0.2) is 9.97 Å². The SMILES string of the molecule is Cc1ncc2c(N)c3n(c2n1)CCNC(=O)C3. The molecule has 0 bridgehead atoms. The van der Waals surface area contributed by atoms with Gasteiger partial charge in [-0.15, -0.1) is 0 Å². The molecule has 0 spiro atoms. The van der Waals surface area contributed by atoms with Crippen LogP contribution in [-0.2, 0) is 17.8 Å².